The van der Waals surface area contributed by atoms with E-state index in [2.05, 4.69) is 9.55 Å². The van der Waals surface area contributed by atoms with Gasteiger partial charge in [0, 0.05) is 13.2 Å². The Morgan fingerprint density at radius 1 is 1.32 bits per heavy atom. The summed E-state index contributed by atoms with van der Waals surface area (Å²) in [5.74, 6) is 1.67. The van der Waals surface area contributed by atoms with E-state index in [1.54, 1.807) is 14.2 Å². The first kappa shape index (κ1) is 14.2. The average molecular weight is 283 g/mol. The molecule has 1 aromatic heterocycles. The van der Waals surface area contributed by atoms with Gasteiger partial charge in [0.1, 0.15) is 11.6 Å². The predicted molar refractivity (Wildman–Crippen MR) is 77.0 cm³/mol. The second kappa shape index (κ2) is 5.80. The van der Waals surface area contributed by atoms with E-state index in [0.29, 0.717) is 6.54 Å². The molecule has 2 atom stereocenters. The van der Waals surface area contributed by atoms with E-state index in [1.807, 2.05) is 32.0 Å². The van der Waals surface area contributed by atoms with E-state index in [-0.39, 0.29) is 11.5 Å². The first-order valence-corrected chi connectivity index (χ1v) is 6.71. The maximum absolute atomic E-state index is 6.22. The zero-order chi connectivity index (χ0) is 14.0. The zero-order valence-corrected chi connectivity index (χ0v) is 12.4. The number of fused-ring (bicyclic) bond motifs is 1. The lowest BCUT2D eigenvalue weighted by Crippen LogP contribution is -2.17. The Morgan fingerprint density at radius 2 is 2.05 bits per heavy atom. The molecule has 2 unspecified atom stereocenters. The molecule has 1 aromatic carbocycles. The zero-order valence-electron chi connectivity index (χ0n) is 11.7. The molecule has 0 N–H and O–H groups in total. The van der Waals surface area contributed by atoms with Gasteiger partial charge < -0.3 is 14.0 Å². The summed E-state index contributed by atoms with van der Waals surface area (Å²) in [7, 11) is 3.36. The van der Waals surface area contributed by atoms with Crippen LogP contribution in [0.3, 0.4) is 0 Å². The van der Waals surface area contributed by atoms with Crippen LogP contribution in [-0.2, 0) is 11.3 Å². The Kier molecular flexibility index (Phi) is 4.32. The van der Waals surface area contributed by atoms with E-state index >= 15 is 0 Å². The molecule has 19 heavy (non-hydrogen) atoms. The van der Waals surface area contributed by atoms with Crippen LogP contribution in [0.5, 0.6) is 5.75 Å². The molecular formula is C14H19ClN2O2. The van der Waals surface area contributed by atoms with Gasteiger partial charge in [-0.05, 0) is 26.0 Å². The lowest BCUT2D eigenvalue weighted by atomic mass is 10.3. The van der Waals surface area contributed by atoms with E-state index in [4.69, 9.17) is 21.1 Å². The number of ether oxygens (including phenoxy) is 2. The van der Waals surface area contributed by atoms with Crippen LogP contribution in [-0.4, -0.2) is 29.9 Å². The van der Waals surface area contributed by atoms with Crippen LogP contribution < -0.4 is 4.74 Å². The highest BCUT2D eigenvalue weighted by Gasteiger charge is 2.17. The molecule has 1 heterocycles. The van der Waals surface area contributed by atoms with Gasteiger partial charge in [0.25, 0.3) is 0 Å². The molecule has 5 heteroatoms. The van der Waals surface area contributed by atoms with Gasteiger partial charge >= 0.3 is 0 Å². The number of nitrogens with zero attached hydrogens (tertiary/aromatic N) is 2. The quantitative estimate of drug-likeness (QED) is 0.789. The lowest BCUT2D eigenvalue weighted by Gasteiger charge is -2.15. The fourth-order valence-corrected chi connectivity index (χ4v) is 2.24. The lowest BCUT2D eigenvalue weighted by molar-refractivity contribution is 0.103. The van der Waals surface area contributed by atoms with E-state index in [0.717, 1.165) is 22.6 Å². The van der Waals surface area contributed by atoms with Crippen LogP contribution in [0.1, 0.15) is 25.0 Å². The first-order valence-electron chi connectivity index (χ1n) is 6.27. The minimum atomic E-state index is -0.151. The summed E-state index contributed by atoms with van der Waals surface area (Å²) in [4.78, 5) is 4.59. The molecule has 0 amide bonds. The molecule has 0 bridgehead atoms. The van der Waals surface area contributed by atoms with Crippen LogP contribution in [0.15, 0.2) is 18.2 Å². The van der Waals surface area contributed by atoms with Crippen molar-refractivity contribution in [2.75, 3.05) is 14.2 Å². The average Bonchev–Trinajstić information content (AvgIpc) is 2.76. The van der Waals surface area contributed by atoms with E-state index in [9.17, 15) is 0 Å². The molecule has 4 nitrogen and oxygen atoms in total. The Labute approximate surface area is 118 Å². The molecule has 104 valence electrons. The predicted octanol–water partition coefficient (Wildman–Crippen LogP) is 3.38. The number of methoxy groups -OCH3 is 2. The molecule has 0 aliphatic carbocycles. The number of benzene rings is 1. The van der Waals surface area contributed by atoms with Crippen molar-refractivity contribution in [1.82, 2.24) is 9.55 Å². The van der Waals surface area contributed by atoms with Crippen LogP contribution in [0, 0.1) is 0 Å². The fraction of sp³-hybridized carbons (Fsp3) is 0.500. The number of aromatic nitrogens is 2. The minimum Gasteiger partial charge on any atom is -0.497 e. The topological polar surface area (TPSA) is 36.3 Å². The molecule has 0 aliphatic rings. The highest BCUT2D eigenvalue weighted by Crippen LogP contribution is 2.27. The SMILES string of the molecule is COc1ccc2nc(C(C)Cl)n(CC(C)OC)c2c1. The number of hydrogen-bond acceptors (Lipinski definition) is 3. The van der Waals surface area contributed by atoms with Crippen molar-refractivity contribution in [3.63, 3.8) is 0 Å². The van der Waals surface area contributed by atoms with Crippen molar-refractivity contribution in [2.24, 2.45) is 0 Å². The largest absolute Gasteiger partial charge is 0.497 e. The van der Waals surface area contributed by atoms with Crippen LogP contribution in [0.4, 0.5) is 0 Å². The van der Waals surface area contributed by atoms with Gasteiger partial charge in [-0.1, -0.05) is 0 Å². The molecule has 0 saturated heterocycles. The summed E-state index contributed by atoms with van der Waals surface area (Å²) in [6, 6.07) is 5.83. The Morgan fingerprint density at radius 3 is 2.63 bits per heavy atom. The van der Waals surface area contributed by atoms with Crippen molar-refractivity contribution in [2.45, 2.75) is 31.9 Å². The third-order valence-electron chi connectivity index (χ3n) is 3.18. The Hall–Kier alpha value is -1.26. The summed E-state index contributed by atoms with van der Waals surface area (Å²) in [5.41, 5.74) is 1.94. The number of rotatable bonds is 5. The number of alkyl halides is 1. The third-order valence-corrected chi connectivity index (χ3v) is 3.38. The van der Waals surface area contributed by atoms with Crippen LogP contribution in [0.2, 0.25) is 0 Å². The summed E-state index contributed by atoms with van der Waals surface area (Å²) >= 11 is 6.22. The first-order chi connectivity index (χ1) is 9.06. The van der Waals surface area contributed by atoms with Gasteiger partial charge in [-0.2, -0.15) is 0 Å². The van der Waals surface area contributed by atoms with Gasteiger partial charge in [-0.15, -0.1) is 11.6 Å². The van der Waals surface area contributed by atoms with Gasteiger partial charge in [0.05, 0.1) is 36.2 Å². The standard InChI is InChI=1S/C14H19ClN2O2/c1-9(18-3)8-17-13-7-11(19-4)5-6-12(13)16-14(17)10(2)15/h5-7,9-10H,8H2,1-4H3. The van der Waals surface area contributed by atoms with Crippen molar-refractivity contribution in [3.05, 3.63) is 24.0 Å². The normalized spacial score (nSPS) is 14.6. The third kappa shape index (κ3) is 2.85. The maximum atomic E-state index is 6.22. The Bertz CT molecular complexity index is 566. The molecule has 0 spiro atoms. The molecule has 0 saturated carbocycles. The van der Waals surface area contributed by atoms with E-state index in [1.165, 1.54) is 0 Å². The summed E-state index contributed by atoms with van der Waals surface area (Å²) in [5, 5.41) is -0.151. The van der Waals surface area contributed by atoms with E-state index < -0.39 is 0 Å². The second-order valence-electron chi connectivity index (χ2n) is 4.60. The van der Waals surface area contributed by atoms with Gasteiger partial charge in [0.2, 0.25) is 0 Å². The summed E-state index contributed by atoms with van der Waals surface area (Å²) in [6.07, 6.45) is 0.0952. The highest BCUT2D eigenvalue weighted by molar-refractivity contribution is 6.20. The minimum absolute atomic E-state index is 0.0952. The molecular weight excluding hydrogens is 264 g/mol. The van der Waals surface area contributed by atoms with Crippen molar-refractivity contribution in [1.29, 1.82) is 0 Å². The monoisotopic (exact) mass is 282 g/mol. The molecule has 0 radical (unpaired) electrons. The van der Waals surface area contributed by atoms with Gasteiger partial charge in [-0.3, -0.25) is 0 Å². The van der Waals surface area contributed by atoms with Crippen LogP contribution in [0.25, 0.3) is 11.0 Å². The number of halogens is 1. The van der Waals surface area contributed by atoms with Crippen molar-refractivity contribution < 1.29 is 9.47 Å². The van der Waals surface area contributed by atoms with Gasteiger partial charge in [0.15, 0.2) is 0 Å². The van der Waals surface area contributed by atoms with Gasteiger partial charge in [-0.25, -0.2) is 4.98 Å². The Balaban J connectivity index is 2.56. The maximum Gasteiger partial charge on any atom is 0.127 e. The summed E-state index contributed by atoms with van der Waals surface area (Å²) in [6.45, 7) is 4.66. The second-order valence-corrected chi connectivity index (χ2v) is 5.25. The smallest absolute Gasteiger partial charge is 0.127 e. The highest BCUT2D eigenvalue weighted by atomic mass is 35.5. The molecule has 2 rings (SSSR count). The number of hydrogen-bond donors (Lipinski definition) is 0. The van der Waals surface area contributed by atoms with Crippen molar-refractivity contribution >= 4 is 22.6 Å². The van der Waals surface area contributed by atoms with Crippen molar-refractivity contribution in [3.8, 4) is 5.75 Å². The number of imidazole rings is 1. The summed E-state index contributed by atoms with van der Waals surface area (Å²) < 4.78 is 12.7. The fourth-order valence-electron chi connectivity index (χ4n) is 2.08. The molecule has 0 aliphatic heterocycles. The van der Waals surface area contributed by atoms with Crippen LogP contribution >= 0.6 is 11.6 Å². The molecule has 2 aromatic rings. The molecule has 0 fully saturated rings.